The van der Waals surface area contributed by atoms with Crippen LogP contribution in [0.5, 0.6) is 5.75 Å². The van der Waals surface area contributed by atoms with E-state index in [4.69, 9.17) is 27.9 Å². The van der Waals surface area contributed by atoms with Crippen LogP contribution in [0, 0.1) is 0 Å². The van der Waals surface area contributed by atoms with Gasteiger partial charge in [0.05, 0.1) is 7.11 Å². The zero-order valence-electron chi connectivity index (χ0n) is 10.2. The summed E-state index contributed by atoms with van der Waals surface area (Å²) >= 11 is 11.7. The van der Waals surface area contributed by atoms with Gasteiger partial charge in [0.2, 0.25) is 10.1 Å². The Morgan fingerprint density at radius 3 is 2.22 bits per heavy atom. The summed E-state index contributed by atoms with van der Waals surface area (Å²) < 4.78 is 2.97. The number of rotatable bonds is 6. The lowest BCUT2D eigenvalue weighted by atomic mass is 10.0. The molecule has 0 unspecified atom stereocenters. The molecular formula is C13H14Cl2O3. The van der Waals surface area contributed by atoms with Gasteiger partial charge in [0.1, 0.15) is 5.75 Å². The second-order valence-electron chi connectivity index (χ2n) is 3.81. The van der Waals surface area contributed by atoms with Gasteiger partial charge in [-0.3, -0.25) is 9.59 Å². The molecule has 0 aliphatic rings. The van der Waals surface area contributed by atoms with Gasteiger partial charge in [0.25, 0.3) is 0 Å². The molecule has 18 heavy (non-hydrogen) atoms. The van der Waals surface area contributed by atoms with Gasteiger partial charge in [0.15, 0.2) is 5.78 Å². The maximum absolute atomic E-state index is 12.1. The van der Waals surface area contributed by atoms with Crippen LogP contribution in [0.25, 0.3) is 0 Å². The van der Waals surface area contributed by atoms with Crippen molar-refractivity contribution in [3.05, 3.63) is 29.8 Å². The van der Waals surface area contributed by atoms with E-state index in [1.165, 1.54) is 19.2 Å². The fourth-order valence-electron chi connectivity index (χ4n) is 1.43. The Kier molecular flexibility index (Phi) is 5.17. The molecular weight excluding hydrogens is 275 g/mol. The third-order valence-corrected chi connectivity index (χ3v) is 3.23. The smallest absolute Gasteiger partial charge is 0.237 e. The number of carbonyl (C=O) groups is 2. The third-order valence-electron chi connectivity index (χ3n) is 2.46. The maximum atomic E-state index is 12.1. The predicted molar refractivity (Wildman–Crippen MR) is 71.7 cm³/mol. The molecule has 0 heterocycles. The number of ether oxygens (including phenoxy) is 1. The van der Waals surface area contributed by atoms with Gasteiger partial charge in [-0.1, -0.05) is 30.1 Å². The van der Waals surface area contributed by atoms with E-state index in [0.717, 1.165) is 0 Å². The van der Waals surface area contributed by atoms with Crippen LogP contribution in [0.3, 0.4) is 0 Å². The minimum Gasteiger partial charge on any atom is -0.497 e. The highest BCUT2D eigenvalue weighted by Crippen LogP contribution is 2.29. The number of ketones is 2. The van der Waals surface area contributed by atoms with E-state index in [-0.39, 0.29) is 12.0 Å². The quantitative estimate of drug-likeness (QED) is 0.458. The lowest BCUT2D eigenvalue weighted by Crippen LogP contribution is -2.35. The minimum atomic E-state index is -2.01. The molecule has 0 saturated heterocycles. The SMILES string of the molecule is CCCC(=O)C(Cl)(Cl)C(=O)c1ccc(OC)cc1. The topological polar surface area (TPSA) is 43.4 Å². The number of hydrogen-bond donors (Lipinski definition) is 0. The summed E-state index contributed by atoms with van der Waals surface area (Å²) in [6.45, 7) is 1.82. The molecule has 1 aromatic rings. The van der Waals surface area contributed by atoms with E-state index in [1.807, 2.05) is 6.92 Å². The first kappa shape index (κ1) is 15.0. The molecule has 0 fully saturated rings. The van der Waals surface area contributed by atoms with Gasteiger partial charge in [-0.25, -0.2) is 0 Å². The number of hydrogen-bond acceptors (Lipinski definition) is 3. The first-order valence-corrected chi connectivity index (χ1v) is 6.29. The highest BCUT2D eigenvalue weighted by atomic mass is 35.5. The second-order valence-corrected chi connectivity index (χ2v) is 5.13. The fourth-order valence-corrected chi connectivity index (χ4v) is 1.84. The molecule has 5 heteroatoms. The summed E-state index contributed by atoms with van der Waals surface area (Å²) in [5, 5.41) is 0. The normalized spacial score (nSPS) is 11.1. The second kappa shape index (κ2) is 6.21. The Bertz CT molecular complexity index is 438. The summed E-state index contributed by atoms with van der Waals surface area (Å²) in [4.78, 5) is 23.8. The largest absolute Gasteiger partial charge is 0.497 e. The van der Waals surface area contributed by atoms with Crippen LogP contribution < -0.4 is 4.74 Å². The third kappa shape index (κ3) is 3.24. The van der Waals surface area contributed by atoms with Gasteiger partial charge in [-0.05, 0) is 30.7 Å². The van der Waals surface area contributed by atoms with Gasteiger partial charge in [-0.15, -0.1) is 0 Å². The first-order valence-electron chi connectivity index (χ1n) is 5.53. The van der Waals surface area contributed by atoms with E-state index >= 15 is 0 Å². The van der Waals surface area contributed by atoms with Gasteiger partial charge in [-0.2, -0.15) is 0 Å². The Morgan fingerprint density at radius 2 is 1.78 bits per heavy atom. The van der Waals surface area contributed by atoms with Crippen LogP contribution in [0.15, 0.2) is 24.3 Å². The Balaban J connectivity index is 2.94. The monoisotopic (exact) mass is 288 g/mol. The lowest BCUT2D eigenvalue weighted by molar-refractivity contribution is -0.118. The van der Waals surface area contributed by atoms with Crippen LogP contribution in [-0.2, 0) is 4.79 Å². The van der Waals surface area contributed by atoms with Gasteiger partial charge < -0.3 is 4.74 Å². The Morgan fingerprint density at radius 1 is 1.22 bits per heavy atom. The van der Waals surface area contributed by atoms with Crippen molar-refractivity contribution in [3.63, 3.8) is 0 Å². The van der Waals surface area contributed by atoms with Crippen molar-refractivity contribution < 1.29 is 14.3 Å². The molecule has 3 nitrogen and oxygen atoms in total. The summed E-state index contributed by atoms with van der Waals surface area (Å²) in [7, 11) is 1.52. The molecule has 0 aliphatic carbocycles. The van der Waals surface area contributed by atoms with E-state index in [0.29, 0.717) is 12.2 Å². The van der Waals surface area contributed by atoms with E-state index < -0.39 is 15.9 Å². The summed E-state index contributed by atoms with van der Waals surface area (Å²) in [6.07, 6.45) is 0.769. The molecule has 0 aliphatic heterocycles. The zero-order valence-corrected chi connectivity index (χ0v) is 11.7. The molecule has 1 aromatic carbocycles. The number of Topliss-reactive ketones (excluding diaryl/α,β-unsaturated/α-hetero) is 2. The van der Waals surface area contributed by atoms with Crippen molar-refractivity contribution in [3.8, 4) is 5.75 Å². The van der Waals surface area contributed by atoms with Crippen molar-refractivity contribution in [2.24, 2.45) is 0 Å². The van der Waals surface area contributed by atoms with Crippen LogP contribution in [-0.4, -0.2) is 23.0 Å². The van der Waals surface area contributed by atoms with Crippen molar-refractivity contribution in [2.75, 3.05) is 7.11 Å². The zero-order chi connectivity index (χ0) is 13.8. The van der Waals surface area contributed by atoms with Gasteiger partial charge >= 0.3 is 0 Å². The van der Waals surface area contributed by atoms with Crippen LogP contribution in [0.1, 0.15) is 30.1 Å². The van der Waals surface area contributed by atoms with Crippen molar-refractivity contribution in [1.82, 2.24) is 0 Å². The molecule has 0 radical (unpaired) electrons. The van der Waals surface area contributed by atoms with Crippen LogP contribution in [0.2, 0.25) is 0 Å². The van der Waals surface area contributed by atoms with Crippen LogP contribution in [0.4, 0.5) is 0 Å². The van der Waals surface area contributed by atoms with Crippen molar-refractivity contribution >= 4 is 34.8 Å². The summed E-state index contributed by atoms with van der Waals surface area (Å²) in [5.41, 5.74) is 0.283. The predicted octanol–water partition coefficient (Wildman–Crippen LogP) is 3.42. The molecule has 0 N–H and O–H groups in total. The maximum Gasteiger partial charge on any atom is 0.237 e. The highest BCUT2D eigenvalue weighted by molar-refractivity contribution is 6.69. The Labute approximate surface area is 116 Å². The lowest BCUT2D eigenvalue weighted by Gasteiger charge is -2.16. The number of carbonyl (C=O) groups excluding carboxylic acids is 2. The van der Waals surface area contributed by atoms with E-state index in [2.05, 4.69) is 0 Å². The summed E-state index contributed by atoms with van der Waals surface area (Å²) in [5.74, 6) is -0.470. The number of halogens is 2. The number of benzene rings is 1. The number of methoxy groups -OCH3 is 1. The van der Waals surface area contributed by atoms with Gasteiger partial charge in [0, 0.05) is 12.0 Å². The molecule has 0 bridgehead atoms. The molecule has 0 aromatic heterocycles. The fraction of sp³-hybridized carbons (Fsp3) is 0.385. The van der Waals surface area contributed by atoms with E-state index in [9.17, 15) is 9.59 Å². The molecule has 98 valence electrons. The number of alkyl halides is 2. The first-order chi connectivity index (χ1) is 8.43. The molecule has 0 spiro atoms. The average Bonchev–Trinajstić information content (AvgIpc) is 2.38. The molecule has 0 amide bonds. The van der Waals surface area contributed by atoms with Crippen LogP contribution >= 0.6 is 23.2 Å². The summed E-state index contributed by atoms with van der Waals surface area (Å²) in [6, 6.07) is 6.28. The average molecular weight is 289 g/mol. The van der Waals surface area contributed by atoms with Crippen molar-refractivity contribution in [2.45, 2.75) is 24.1 Å². The van der Waals surface area contributed by atoms with Crippen molar-refractivity contribution in [1.29, 1.82) is 0 Å². The Hall–Kier alpha value is -1.06. The molecule has 1 rings (SSSR count). The standard InChI is InChI=1S/C13H14Cl2O3/c1-3-4-11(16)13(14,15)12(17)9-5-7-10(18-2)8-6-9/h5-8H,3-4H2,1-2H3. The highest BCUT2D eigenvalue weighted by Gasteiger charge is 2.41. The molecule has 0 atom stereocenters. The van der Waals surface area contributed by atoms with E-state index in [1.54, 1.807) is 12.1 Å². The molecule has 0 saturated carbocycles. The minimum absolute atomic E-state index is 0.175.